The Kier molecular flexibility index (Phi) is 4.40. The Morgan fingerprint density at radius 2 is 2.18 bits per heavy atom. The Morgan fingerprint density at radius 1 is 1.64 bits per heavy atom. The van der Waals surface area contributed by atoms with Crippen molar-refractivity contribution in [3.05, 3.63) is 0 Å². The van der Waals surface area contributed by atoms with E-state index in [9.17, 15) is 9.59 Å². The number of hydrogen-bond donors (Lipinski definition) is 3. The standard InChI is InChI=1S/C6H12N2O3/c1-4(9)2-3-5(8-7)6(10)11/h5,8H,2-3,7H2,1H3,(H,10,11). The van der Waals surface area contributed by atoms with E-state index in [2.05, 4.69) is 5.43 Å². The van der Waals surface area contributed by atoms with Crippen molar-refractivity contribution in [2.24, 2.45) is 5.84 Å². The normalized spacial score (nSPS) is 12.5. The minimum atomic E-state index is -1.03. The molecule has 4 N–H and O–H groups in total. The van der Waals surface area contributed by atoms with E-state index in [0.29, 0.717) is 0 Å². The molecule has 5 heteroatoms. The van der Waals surface area contributed by atoms with Crippen molar-refractivity contribution in [2.45, 2.75) is 25.8 Å². The fourth-order valence-electron chi connectivity index (χ4n) is 0.626. The van der Waals surface area contributed by atoms with Crippen LogP contribution in [0.4, 0.5) is 0 Å². The van der Waals surface area contributed by atoms with Crippen molar-refractivity contribution >= 4 is 11.8 Å². The molecule has 0 aliphatic rings. The number of aliphatic carboxylic acids is 1. The molecule has 11 heavy (non-hydrogen) atoms. The Bertz CT molecular complexity index is 158. The second-order valence-electron chi connectivity index (χ2n) is 2.30. The number of Topliss-reactive ketones (excluding diaryl/α,β-unsaturated/α-hetero) is 1. The summed E-state index contributed by atoms with van der Waals surface area (Å²) in [6.07, 6.45) is 0.475. The third-order valence-corrected chi connectivity index (χ3v) is 1.28. The highest BCUT2D eigenvalue weighted by molar-refractivity contribution is 5.78. The van der Waals surface area contributed by atoms with Gasteiger partial charge < -0.3 is 9.90 Å². The van der Waals surface area contributed by atoms with Crippen molar-refractivity contribution in [1.82, 2.24) is 5.43 Å². The number of carbonyl (C=O) groups is 2. The number of carboxylic acid groups (broad SMARTS) is 1. The second kappa shape index (κ2) is 4.81. The summed E-state index contributed by atoms with van der Waals surface area (Å²) < 4.78 is 0. The Balaban J connectivity index is 3.70. The molecule has 0 saturated heterocycles. The first-order valence-electron chi connectivity index (χ1n) is 3.26. The summed E-state index contributed by atoms with van der Waals surface area (Å²) in [5, 5.41) is 8.43. The molecular formula is C6H12N2O3. The zero-order valence-electron chi connectivity index (χ0n) is 6.33. The molecule has 0 bridgehead atoms. The highest BCUT2D eigenvalue weighted by Crippen LogP contribution is 1.96. The molecule has 0 heterocycles. The molecule has 0 spiro atoms. The summed E-state index contributed by atoms with van der Waals surface area (Å²) in [6.45, 7) is 1.41. The number of ketones is 1. The van der Waals surface area contributed by atoms with Crippen LogP contribution in [0.3, 0.4) is 0 Å². The van der Waals surface area contributed by atoms with Crippen LogP contribution in [0.1, 0.15) is 19.8 Å². The number of hydrogen-bond acceptors (Lipinski definition) is 4. The summed E-state index contributed by atoms with van der Waals surface area (Å²) in [5.41, 5.74) is 2.11. The predicted octanol–water partition coefficient (Wildman–Crippen LogP) is -0.728. The highest BCUT2D eigenvalue weighted by atomic mass is 16.4. The molecule has 64 valence electrons. The van der Waals surface area contributed by atoms with Crippen LogP contribution in [0.2, 0.25) is 0 Å². The Labute approximate surface area is 64.5 Å². The molecule has 0 amide bonds. The lowest BCUT2D eigenvalue weighted by Gasteiger charge is -2.08. The summed E-state index contributed by atoms with van der Waals surface area (Å²) in [5.74, 6) is 3.85. The zero-order valence-corrected chi connectivity index (χ0v) is 6.33. The van der Waals surface area contributed by atoms with E-state index >= 15 is 0 Å². The minimum absolute atomic E-state index is 0.0356. The van der Waals surface area contributed by atoms with E-state index < -0.39 is 12.0 Å². The molecule has 0 aromatic carbocycles. The quantitative estimate of drug-likeness (QED) is 0.364. The van der Waals surface area contributed by atoms with E-state index in [1.807, 2.05) is 0 Å². The zero-order chi connectivity index (χ0) is 8.85. The molecule has 0 aliphatic heterocycles. The predicted molar refractivity (Wildman–Crippen MR) is 38.7 cm³/mol. The molecule has 0 aromatic heterocycles. The Hall–Kier alpha value is -0.940. The Morgan fingerprint density at radius 3 is 2.45 bits per heavy atom. The number of nitrogens with one attached hydrogen (secondary N) is 1. The van der Waals surface area contributed by atoms with Crippen molar-refractivity contribution in [2.75, 3.05) is 0 Å². The van der Waals surface area contributed by atoms with E-state index in [0.717, 1.165) is 0 Å². The summed E-state index contributed by atoms with van der Waals surface area (Å²) in [4.78, 5) is 20.7. The van der Waals surface area contributed by atoms with Gasteiger partial charge in [-0.15, -0.1) is 0 Å². The second-order valence-corrected chi connectivity index (χ2v) is 2.30. The van der Waals surface area contributed by atoms with Gasteiger partial charge in [0, 0.05) is 6.42 Å². The first kappa shape index (κ1) is 10.1. The van der Waals surface area contributed by atoms with Gasteiger partial charge in [-0.3, -0.25) is 10.6 Å². The molecule has 0 aliphatic carbocycles. The molecule has 0 rings (SSSR count). The summed E-state index contributed by atoms with van der Waals surface area (Å²) in [6, 6.07) is -0.820. The maximum atomic E-state index is 10.4. The lowest BCUT2D eigenvalue weighted by molar-refractivity contribution is -0.139. The maximum absolute atomic E-state index is 10.4. The van der Waals surface area contributed by atoms with Crippen molar-refractivity contribution < 1.29 is 14.7 Å². The van der Waals surface area contributed by atoms with Crippen LogP contribution < -0.4 is 11.3 Å². The van der Waals surface area contributed by atoms with Gasteiger partial charge >= 0.3 is 5.97 Å². The van der Waals surface area contributed by atoms with Crippen LogP contribution in [0, 0.1) is 0 Å². The van der Waals surface area contributed by atoms with Crippen LogP contribution in [-0.2, 0) is 9.59 Å². The molecule has 0 aromatic rings. The van der Waals surface area contributed by atoms with E-state index in [1.54, 1.807) is 0 Å². The minimum Gasteiger partial charge on any atom is -0.480 e. The van der Waals surface area contributed by atoms with Crippen molar-refractivity contribution in [1.29, 1.82) is 0 Å². The molecule has 1 unspecified atom stereocenters. The van der Waals surface area contributed by atoms with Crippen LogP contribution in [-0.4, -0.2) is 22.9 Å². The topological polar surface area (TPSA) is 92.4 Å². The fourth-order valence-corrected chi connectivity index (χ4v) is 0.626. The molecule has 5 nitrogen and oxygen atoms in total. The van der Waals surface area contributed by atoms with Gasteiger partial charge in [0.25, 0.3) is 0 Å². The third-order valence-electron chi connectivity index (χ3n) is 1.28. The van der Waals surface area contributed by atoms with Gasteiger partial charge in [0.15, 0.2) is 0 Å². The van der Waals surface area contributed by atoms with Crippen LogP contribution >= 0.6 is 0 Å². The third kappa shape index (κ3) is 4.46. The van der Waals surface area contributed by atoms with E-state index in [4.69, 9.17) is 10.9 Å². The van der Waals surface area contributed by atoms with Crippen LogP contribution in [0.15, 0.2) is 0 Å². The maximum Gasteiger partial charge on any atom is 0.322 e. The van der Waals surface area contributed by atoms with Crippen molar-refractivity contribution in [3.63, 3.8) is 0 Å². The van der Waals surface area contributed by atoms with Gasteiger partial charge in [0.05, 0.1) is 0 Å². The van der Waals surface area contributed by atoms with E-state index in [-0.39, 0.29) is 18.6 Å². The summed E-state index contributed by atoms with van der Waals surface area (Å²) in [7, 11) is 0. The highest BCUT2D eigenvalue weighted by Gasteiger charge is 2.14. The number of hydrazine groups is 1. The average Bonchev–Trinajstić information content (AvgIpc) is 1.87. The molecular weight excluding hydrogens is 148 g/mol. The fraction of sp³-hybridized carbons (Fsp3) is 0.667. The van der Waals surface area contributed by atoms with Crippen LogP contribution in [0.25, 0.3) is 0 Å². The molecule has 0 fully saturated rings. The number of carbonyl (C=O) groups excluding carboxylic acids is 1. The van der Waals surface area contributed by atoms with Gasteiger partial charge in [-0.25, -0.2) is 5.43 Å². The number of carboxylic acids is 1. The molecule has 0 saturated carbocycles. The van der Waals surface area contributed by atoms with Gasteiger partial charge in [-0.2, -0.15) is 0 Å². The number of nitrogens with two attached hydrogens (primary N) is 1. The lowest BCUT2D eigenvalue weighted by Crippen LogP contribution is -2.41. The van der Waals surface area contributed by atoms with Gasteiger partial charge in [-0.05, 0) is 13.3 Å². The smallest absolute Gasteiger partial charge is 0.322 e. The average molecular weight is 160 g/mol. The first-order chi connectivity index (χ1) is 5.07. The van der Waals surface area contributed by atoms with Crippen molar-refractivity contribution in [3.8, 4) is 0 Å². The van der Waals surface area contributed by atoms with Gasteiger partial charge in [-0.1, -0.05) is 0 Å². The lowest BCUT2D eigenvalue weighted by atomic mass is 10.1. The van der Waals surface area contributed by atoms with Gasteiger partial charge in [0.1, 0.15) is 11.8 Å². The summed E-state index contributed by atoms with van der Waals surface area (Å²) >= 11 is 0. The largest absolute Gasteiger partial charge is 0.480 e. The van der Waals surface area contributed by atoms with Crippen LogP contribution in [0.5, 0.6) is 0 Å². The SMILES string of the molecule is CC(=O)CCC(NN)C(=O)O. The molecule has 1 atom stereocenters. The monoisotopic (exact) mass is 160 g/mol. The van der Waals surface area contributed by atoms with Gasteiger partial charge in [0.2, 0.25) is 0 Å². The van der Waals surface area contributed by atoms with E-state index in [1.165, 1.54) is 6.92 Å². The number of rotatable bonds is 5. The molecule has 0 radical (unpaired) electrons. The first-order valence-corrected chi connectivity index (χ1v) is 3.26.